The van der Waals surface area contributed by atoms with E-state index in [-0.39, 0.29) is 193 Å². The van der Waals surface area contributed by atoms with Crippen LogP contribution in [0, 0.1) is 0 Å². The van der Waals surface area contributed by atoms with Crippen LogP contribution in [-0.4, -0.2) is 150 Å². The van der Waals surface area contributed by atoms with Crippen molar-refractivity contribution in [2.24, 2.45) is 0 Å². The van der Waals surface area contributed by atoms with E-state index in [0.717, 1.165) is 62.6 Å². The molecule has 0 radical (unpaired) electrons. The predicted octanol–water partition coefficient (Wildman–Crippen LogP) is -8.62. The van der Waals surface area contributed by atoms with Gasteiger partial charge in [0.15, 0.2) is 0 Å². The van der Waals surface area contributed by atoms with Crippen molar-refractivity contribution in [3.05, 3.63) is 97.1 Å². The number of sulfonamides is 3. The zero-order valence-corrected chi connectivity index (χ0v) is 59.1. The molecule has 9 rings (SSSR count). The quantitative estimate of drug-likeness (QED) is 0.0755. The van der Waals surface area contributed by atoms with E-state index in [2.05, 4.69) is 0 Å². The van der Waals surface area contributed by atoms with Crippen LogP contribution in [0.5, 0.6) is 0 Å². The fourth-order valence-electron chi connectivity index (χ4n) is 6.51. The Balaban J connectivity index is 0.000000455. The Morgan fingerprint density at radius 3 is 0.740 bits per heavy atom. The topological polar surface area (TPSA) is 416 Å². The summed E-state index contributed by atoms with van der Waals surface area (Å²) in [7, 11) is -23.2. The molecule has 77 heavy (non-hydrogen) atoms. The van der Waals surface area contributed by atoms with Gasteiger partial charge in [-0.25, -0.2) is 74.6 Å². The van der Waals surface area contributed by atoms with Crippen molar-refractivity contribution in [3.8, 4) is 45.6 Å². The molecule has 3 N–H and O–H groups in total. The van der Waals surface area contributed by atoms with Crippen LogP contribution < -0.4 is 178 Å². The summed E-state index contributed by atoms with van der Waals surface area (Å²) < 4.78 is 157. The number of rotatable bonds is 12. The largest absolute Gasteiger partial charge is 2.00 e. The molecule has 3 aromatic heterocycles. The Hall–Kier alpha value is -0.768. The summed E-state index contributed by atoms with van der Waals surface area (Å²) in [5.41, 5.74) is 5.78. The van der Waals surface area contributed by atoms with E-state index in [1.54, 1.807) is 0 Å². The third kappa shape index (κ3) is 23.4. The van der Waals surface area contributed by atoms with Gasteiger partial charge in [-0.3, -0.25) is 0 Å². The number of aromatic nitrogens is 8. The smallest absolute Gasteiger partial charge is 0.748 e. The number of benzene rings is 4. The van der Waals surface area contributed by atoms with Crippen LogP contribution in [0.15, 0.2) is 97.1 Å². The van der Waals surface area contributed by atoms with Gasteiger partial charge in [0, 0.05) is 64.5 Å². The van der Waals surface area contributed by atoms with E-state index in [1.807, 2.05) is 111 Å². The van der Waals surface area contributed by atoms with Gasteiger partial charge in [-0.2, -0.15) is 0 Å². The van der Waals surface area contributed by atoms with Crippen molar-refractivity contribution >= 4 is 105 Å². The summed E-state index contributed by atoms with van der Waals surface area (Å²) in [6.45, 7) is -1.11. The molecule has 7 aromatic rings. The molecule has 26 nitrogen and oxygen atoms in total. The molecule has 2 aliphatic rings. The molecule has 2 aliphatic heterocycles. The maximum absolute atomic E-state index is 10.3. The van der Waals surface area contributed by atoms with Crippen molar-refractivity contribution in [3.63, 3.8) is 0 Å². The number of fused-ring (bicyclic) bond motifs is 20. The molecule has 4 aromatic carbocycles. The maximum atomic E-state index is 10.3. The van der Waals surface area contributed by atoms with Crippen molar-refractivity contribution in [2.75, 3.05) is 55.7 Å². The van der Waals surface area contributed by atoms with Gasteiger partial charge in [-0.1, -0.05) is 97.1 Å². The van der Waals surface area contributed by atoms with Gasteiger partial charge in [0.1, 0.15) is 0 Å². The van der Waals surface area contributed by atoms with Gasteiger partial charge in [-0.05, 0) is 21.5 Å². The van der Waals surface area contributed by atoms with Gasteiger partial charge in [0.25, 0.3) is 0 Å². The number of hydrogen-bond donors (Lipinski definition) is 3. The predicted molar refractivity (Wildman–Crippen MR) is 266 cm³/mol. The van der Waals surface area contributed by atoms with Crippen LogP contribution in [0.25, 0.3) is 89.7 Å². The Morgan fingerprint density at radius 1 is 0.364 bits per heavy atom. The summed E-state index contributed by atoms with van der Waals surface area (Å²) in [4.78, 5) is 39.3. The third-order valence-electron chi connectivity index (χ3n) is 9.48. The first-order valence-corrected chi connectivity index (χ1v) is 31.1. The first kappa shape index (κ1) is 72.3. The molecular formula is C41H40K3N11O15S6Zn. The van der Waals surface area contributed by atoms with Crippen molar-refractivity contribution < 1.29 is 238 Å². The minimum atomic E-state index is -4.32. The Bertz CT molecular complexity index is 3550. The summed E-state index contributed by atoms with van der Waals surface area (Å²) in [6.07, 6.45) is 2.64. The fraction of sp³-hybridized carbons (Fsp3) is 0.220. The Kier molecular flexibility index (Phi) is 28.8. The average molecular weight is 1300 g/mol. The third-order valence-corrected chi connectivity index (χ3v) is 13.8. The van der Waals surface area contributed by atoms with E-state index < -0.39 is 77.7 Å². The molecule has 390 valence electrons. The second-order valence-electron chi connectivity index (χ2n) is 15.5. The molecule has 0 unspecified atom stereocenters. The minimum absolute atomic E-state index is 0. The molecule has 36 heteroatoms. The van der Waals surface area contributed by atoms with E-state index in [0.29, 0.717) is 45.9 Å². The van der Waals surface area contributed by atoms with Crippen molar-refractivity contribution in [2.45, 2.75) is 0 Å². The van der Waals surface area contributed by atoms with Gasteiger partial charge in [0.2, 0.25) is 30.1 Å². The van der Waals surface area contributed by atoms with Gasteiger partial charge in [0.05, 0.1) is 89.7 Å². The molecule has 0 amide bonds. The summed E-state index contributed by atoms with van der Waals surface area (Å²) in [6, 6.07) is 31.8. The molecule has 0 saturated carbocycles. The number of nitrogens with one attached hydrogen (secondary N) is 3. The standard InChI is InChI=1S/C32H16N8.3C3H9NO5S2.3K.Zn/c1-2-10-18-17(9-1)25-33-26(18)38-28-21-13-5-6-14-22(21)30(35-28)40-32-24-16-8-7-15-23(24)31(36-32)39-29-20-12-4-3-11-19(20)27(34-29)37-25;3*1-10(5,6)4-2-3-11(7,8)9;;;;/h1-16H;3*4H,2-3H2,1H3,(H,7,8,9);;;;/q-2;;;;3*+1;+2/p-3. The summed E-state index contributed by atoms with van der Waals surface area (Å²) in [5.74, 6) is 0.0417. The second kappa shape index (κ2) is 30.7. The zero-order valence-electron chi connectivity index (χ0n) is 41.8. The first-order valence-electron chi connectivity index (χ1n) is 20.7. The molecule has 0 aliphatic carbocycles. The Morgan fingerprint density at radius 2 is 0.558 bits per heavy atom. The molecule has 0 spiro atoms. The second-order valence-corrected chi connectivity index (χ2v) is 25.5. The van der Waals surface area contributed by atoms with E-state index in [4.69, 9.17) is 39.9 Å². The first-order chi connectivity index (χ1) is 33.9. The van der Waals surface area contributed by atoms with Crippen molar-refractivity contribution in [1.82, 2.24) is 54.0 Å². The molecular weight excluding hydrogens is 1260 g/mol. The van der Waals surface area contributed by atoms with Gasteiger partial charge < -0.3 is 43.6 Å². The SMILES string of the molecule is CS(=O)(=O)NCCS(=O)(=O)[O-].CS(=O)(=O)NCCS(=O)(=O)[O-].CS(=O)(=O)NCCS(=O)(=O)[O-].[K+].[K+].[K+].[Zn+2].c1ccc2c(c1)-c1nc-2nc2[n-]c(nc3nc(nc4[n-]c(n1)c1ccccc41)-c1ccccc1-3)c1ccccc21. The van der Waals surface area contributed by atoms with E-state index >= 15 is 0 Å². The fourth-order valence-corrected chi connectivity index (χ4v) is 9.38. The zero-order chi connectivity index (χ0) is 53.6. The van der Waals surface area contributed by atoms with E-state index in [1.165, 1.54) is 0 Å². The molecule has 0 atom stereocenters. The molecule has 0 saturated heterocycles. The number of nitrogens with zero attached hydrogens (tertiary/aromatic N) is 8. The van der Waals surface area contributed by atoms with Crippen LogP contribution in [0.2, 0.25) is 0 Å². The van der Waals surface area contributed by atoms with Crippen LogP contribution in [0.4, 0.5) is 0 Å². The van der Waals surface area contributed by atoms with Gasteiger partial charge in [-0.15, -0.1) is 0 Å². The Labute approximate surface area is 584 Å². The average Bonchev–Trinajstić information content (AvgIpc) is 4.00. The van der Waals surface area contributed by atoms with E-state index in [9.17, 15) is 64.2 Å². The summed E-state index contributed by atoms with van der Waals surface area (Å²) in [5, 5.41) is 3.57. The normalized spacial score (nSPS) is 11.9. The maximum Gasteiger partial charge on any atom is 2.00 e. The van der Waals surface area contributed by atoms with Crippen LogP contribution >= 0.6 is 0 Å². The molecule has 5 heterocycles. The molecule has 8 bridgehead atoms. The molecule has 0 fully saturated rings. The monoisotopic (exact) mass is 1300 g/mol. The van der Waals surface area contributed by atoms with Crippen LogP contribution in [0.1, 0.15) is 0 Å². The number of hydrogen-bond acceptors (Lipinski definition) is 21. The van der Waals surface area contributed by atoms with Crippen LogP contribution in [-0.2, 0) is 79.9 Å². The minimum Gasteiger partial charge on any atom is -0.748 e. The van der Waals surface area contributed by atoms with Crippen LogP contribution in [0.3, 0.4) is 0 Å². The van der Waals surface area contributed by atoms with Gasteiger partial charge >= 0.3 is 174 Å². The summed E-state index contributed by atoms with van der Waals surface area (Å²) >= 11 is 0. The van der Waals surface area contributed by atoms with Crippen molar-refractivity contribution in [1.29, 1.82) is 0 Å².